The number of aromatic hydroxyl groups is 1. The molecule has 39 heavy (non-hydrogen) atoms. The van der Waals surface area contributed by atoms with Gasteiger partial charge in [0.15, 0.2) is 11.4 Å². The number of ketones is 2. The molecule has 0 aliphatic heterocycles. The Morgan fingerprint density at radius 3 is 2.49 bits per heavy atom. The molecule has 3 aliphatic carbocycles. The first-order valence-corrected chi connectivity index (χ1v) is 13.0. The van der Waals surface area contributed by atoms with E-state index in [1.807, 2.05) is 25.4 Å². The van der Waals surface area contributed by atoms with Gasteiger partial charge in [-0.05, 0) is 81.4 Å². The van der Waals surface area contributed by atoms with Gasteiger partial charge in [0.25, 0.3) is 5.91 Å². The van der Waals surface area contributed by atoms with E-state index in [9.17, 15) is 34.8 Å². The van der Waals surface area contributed by atoms with E-state index in [2.05, 4.69) is 10.6 Å². The number of nitrogens with two attached hydrogens (primary N) is 1. The summed E-state index contributed by atoms with van der Waals surface area (Å²) in [5.41, 5.74) is 4.73. The Hall–Kier alpha value is -3.89. The zero-order valence-corrected chi connectivity index (χ0v) is 22.1. The molecular formula is C29H33N3O7. The Morgan fingerprint density at radius 1 is 1.15 bits per heavy atom. The lowest BCUT2D eigenvalue weighted by Gasteiger charge is -2.50. The second kappa shape index (κ2) is 9.39. The lowest BCUT2D eigenvalue weighted by molar-refractivity contribution is -0.153. The van der Waals surface area contributed by atoms with Crippen molar-refractivity contribution < 1.29 is 34.8 Å². The fourth-order valence-electron chi connectivity index (χ4n) is 6.76. The van der Waals surface area contributed by atoms with E-state index < -0.39 is 58.0 Å². The Balaban J connectivity index is 1.58. The highest BCUT2D eigenvalue weighted by atomic mass is 16.3. The third-order valence-electron chi connectivity index (χ3n) is 8.63. The Labute approximate surface area is 225 Å². The number of aromatic nitrogens is 1. The number of Topliss-reactive ketones (excluding diaryl/α,β-unsaturated/α-hetero) is 2. The van der Waals surface area contributed by atoms with Crippen LogP contribution in [0.15, 0.2) is 47.4 Å². The summed E-state index contributed by atoms with van der Waals surface area (Å²) < 4.78 is 2.06. The summed E-state index contributed by atoms with van der Waals surface area (Å²) in [5.74, 6) is -6.45. The molecule has 0 spiro atoms. The smallest absolute Gasteiger partial charge is 0.255 e. The van der Waals surface area contributed by atoms with Crippen LogP contribution in [-0.2, 0) is 40.7 Å². The van der Waals surface area contributed by atoms with Crippen LogP contribution in [0.2, 0.25) is 0 Å². The molecule has 10 heteroatoms. The molecule has 2 aromatic rings. The third-order valence-corrected chi connectivity index (χ3v) is 8.63. The molecular weight excluding hydrogens is 502 g/mol. The third kappa shape index (κ3) is 3.89. The van der Waals surface area contributed by atoms with E-state index in [-0.39, 0.29) is 23.3 Å². The molecule has 4 atom stereocenters. The summed E-state index contributed by atoms with van der Waals surface area (Å²) in [6.07, 6.45) is 4.69. The second-order valence-corrected chi connectivity index (χ2v) is 11.0. The highest BCUT2D eigenvalue weighted by molar-refractivity contribution is 6.24. The molecule has 1 saturated carbocycles. The molecule has 1 amide bonds. The summed E-state index contributed by atoms with van der Waals surface area (Å²) in [7, 11) is 5.15. The van der Waals surface area contributed by atoms with Crippen molar-refractivity contribution >= 4 is 23.2 Å². The van der Waals surface area contributed by atoms with Crippen LogP contribution in [0.25, 0.3) is 5.76 Å². The number of fused-ring (bicyclic) bond motifs is 3. The molecule has 1 fully saturated rings. The molecule has 10 nitrogen and oxygen atoms in total. The van der Waals surface area contributed by atoms with Gasteiger partial charge in [-0.15, -0.1) is 0 Å². The molecule has 1 aromatic heterocycles. The van der Waals surface area contributed by atoms with Crippen LogP contribution < -0.4 is 5.73 Å². The van der Waals surface area contributed by atoms with Crippen LogP contribution >= 0.6 is 0 Å². The van der Waals surface area contributed by atoms with Crippen molar-refractivity contribution in [1.29, 1.82) is 0 Å². The van der Waals surface area contributed by atoms with Crippen molar-refractivity contribution in [2.45, 2.75) is 43.7 Å². The molecule has 206 valence electrons. The van der Waals surface area contributed by atoms with Crippen molar-refractivity contribution in [2.75, 3.05) is 14.1 Å². The predicted octanol–water partition coefficient (Wildman–Crippen LogP) is 1.48. The van der Waals surface area contributed by atoms with Gasteiger partial charge in [0.2, 0.25) is 5.78 Å². The van der Waals surface area contributed by atoms with Gasteiger partial charge in [-0.25, -0.2) is 0 Å². The van der Waals surface area contributed by atoms with Gasteiger partial charge in [0.1, 0.15) is 22.8 Å². The number of nitrogens with zero attached hydrogens (tertiary/aromatic N) is 2. The van der Waals surface area contributed by atoms with Crippen molar-refractivity contribution in [3.8, 4) is 5.75 Å². The molecule has 0 saturated heterocycles. The van der Waals surface area contributed by atoms with Crippen LogP contribution in [0.4, 0.5) is 0 Å². The Bertz CT molecular complexity index is 1470. The standard InChI is InChI=1S/C29H33N3O7/c1-31(2)23-18-13-15-12-17-14(6-4-7-16-8-5-11-32(16)3)9-10-19(33)21(17)24(34)20(15)26(36)29(18,39)27(37)22(25(23)35)28(30)38/h5,8-11,15,18,23,33-34,37,39H,4,6-7,12-13H2,1-3H3,(H2,30,38)/t15-,18-,23+,29-/m0/s1. The van der Waals surface area contributed by atoms with Gasteiger partial charge in [0, 0.05) is 30.4 Å². The van der Waals surface area contributed by atoms with Crippen molar-refractivity contribution in [2.24, 2.45) is 24.6 Å². The number of amides is 1. The number of carbonyl (C=O) groups excluding carboxylic acids is 3. The summed E-state index contributed by atoms with van der Waals surface area (Å²) in [6, 6.07) is 6.24. The van der Waals surface area contributed by atoms with Gasteiger partial charge in [-0.1, -0.05) is 6.07 Å². The normalized spacial score (nSPS) is 26.5. The minimum Gasteiger partial charge on any atom is -0.508 e. The average Bonchev–Trinajstić information content (AvgIpc) is 3.26. The number of aliphatic hydroxyl groups is 3. The van der Waals surface area contributed by atoms with E-state index in [1.54, 1.807) is 14.1 Å². The summed E-state index contributed by atoms with van der Waals surface area (Å²) in [5, 5.41) is 44.7. The van der Waals surface area contributed by atoms with Gasteiger partial charge in [-0.3, -0.25) is 19.3 Å². The van der Waals surface area contributed by atoms with E-state index in [0.717, 1.165) is 18.4 Å². The number of hydrogen-bond acceptors (Lipinski definition) is 8. The number of likely N-dealkylation sites (N-methyl/N-ethyl adjacent to an activating group) is 1. The molecule has 6 N–H and O–H groups in total. The fourth-order valence-corrected chi connectivity index (χ4v) is 6.76. The second-order valence-electron chi connectivity index (χ2n) is 11.0. The average molecular weight is 536 g/mol. The highest BCUT2D eigenvalue weighted by Gasteiger charge is 2.64. The Morgan fingerprint density at radius 2 is 1.87 bits per heavy atom. The molecule has 0 unspecified atom stereocenters. The number of aliphatic hydroxyl groups excluding tert-OH is 2. The van der Waals surface area contributed by atoms with E-state index >= 15 is 0 Å². The minimum atomic E-state index is -2.63. The number of rotatable bonds is 6. The molecule has 0 bridgehead atoms. The first-order valence-electron chi connectivity index (χ1n) is 13.0. The minimum absolute atomic E-state index is 0.0736. The zero-order chi connectivity index (χ0) is 28.4. The first-order chi connectivity index (χ1) is 18.4. The lowest BCUT2D eigenvalue weighted by Crippen LogP contribution is -2.65. The lowest BCUT2D eigenvalue weighted by atomic mass is 9.57. The number of carbonyl (C=O) groups is 3. The number of benzene rings is 1. The molecule has 0 radical (unpaired) electrons. The molecule has 1 heterocycles. The summed E-state index contributed by atoms with van der Waals surface area (Å²) in [4.78, 5) is 40.7. The zero-order valence-electron chi connectivity index (χ0n) is 22.1. The van der Waals surface area contributed by atoms with E-state index in [0.29, 0.717) is 18.4 Å². The quantitative estimate of drug-likeness (QED) is 0.347. The van der Waals surface area contributed by atoms with Crippen molar-refractivity contribution in [3.63, 3.8) is 0 Å². The van der Waals surface area contributed by atoms with Crippen LogP contribution in [0.1, 0.15) is 35.2 Å². The SMILES string of the molecule is CN(C)[C@H]1C(=O)C(C(N)=O)=C(O)[C@@]2(O)C(=O)C3=C(O)c4c(O)ccc(CCCc5cccn5C)c4C[C@H]3C[C@@H]12. The predicted molar refractivity (Wildman–Crippen MR) is 142 cm³/mol. The van der Waals surface area contributed by atoms with E-state index in [4.69, 9.17) is 5.73 Å². The molecule has 1 aromatic carbocycles. The number of phenols is 1. The largest absolute Gasteiger partial charge is 0.508 e. The van der Waals surface area contributed by atoms with Crippen LogP contribution in [0, 0.1) is 11.8 Å². The van der Waals surface area contributed by atoms with Crippen LogP contribution in [0.3, 0.4) is 0 Å². The van der Waals surface area contributed by atoms with Gasteiger partial charge >= 0.3 is 0 Å². The summed E-state index contributed by atoms with van der Waals surface area (Å²) in [6.45, 7) is 0. The van der Waals surface area contributed by atoms with Crippen molar-refractivity contribution in [3.05, 3.63) is 69.8 Å². The van der Waals surface area contributed by atoms with Gasteiger partial charge in [0.05, 0.1) is 11.6 Å². The number of primary amides is 1. The maximum atomic E-state index is 13.9. The monoisotopic (exact) mass is 535 g/mol. The van der Waals surface area contributed by atoms with Gasteiger partial charge in [-0.2, -0.15) is 0 Å². The Kier molecular flexibility index (Phi) is 6.43. The first kappa shape index (κ1) is 26.7. The fraction of sp³-hybridized carbons (Fsp3) is 0.414. The van der Waals surface area contributed by atoms with Crippen LogP contribution in [0.5, 0.6) is 5.75 Å². The molecule has 3 aliphatic rings. The number of hydrogen-bond donors (Lipinski definition) is 5. The highest BCUT2D eigenvalue weighted by Crippen LogP contribution is 2.53. The maximum Gasteiger partial charge on any atom is 0.255 e. The topological polar surface area (TPSA) is 166 Å². The van der Waals surface area contributed by atoms with Crippen molar-refractivity contribution in [1.82, 2.24) is 9.47 Å². The maximum absolute atomic E-state index is 13.9. The number of phenolic OH excluding ortho intramolecular Hbond substituents is 1. The van der Waals surface area contributed by atoms with E-state index in [1.165, 1.54) is 16.7 Å². The molecule has 5 rings (SSSR count). The summed E-state index contributed by atoms with van der Waals surface area (Å²) >= 11 is 0. The van der Waals surface area contributed by atoms with Crippen LogP contribution in [-0.4, -0.2) is 73.1 Å². The number of aryl methyl sites for hydroxylation is 3. The van der Waals surface area contributed by atoms with Gasteiger partial charge < -0.3 is 30.7 Å².